The zero-order valence-corrected chi connectivity index (χ0v) is 11.9. The van der Waals surface area contributed by atoms with Crippen LogP contribution in [-0.4, -0.2) is 25.5 Å². The van der Waals surface area contributed by atoms with E-state index in [-0.39, 0.29) is 5.91 Å². The number of benzene rings is 1. The topological polar surface area (TPSA) is 75.1 Å². The first-order chi connectivity index (χ1) is 10.7. The predicted molar refractivity (Wildman–Crippen MR) is 84.0 cm³/mol. The molecule has 0 atom stereocenters. The Morgan fingerprint density at radius 3 is 3.05 bits per heavy atom. The van der Waals surface area contributed by atoms with E-state index >= 15 is 0 Å². The Labute approximate surface area is 125 Å². The molecular formula is C16H13N5O. The quantitative estimate of drug-likeness (QED) is 0.596. The number of fused-ring (bicyclic) bond motifs is 2. The molecule has 0 radical (unpaired) electrons. The lowest BCUT2D eigenvalue weighted by Crippen LogP contribution is -2.12. The van der Waals surface area contributed by atoms with E-state index in [1.54, 1.807) is 18.5 Å². The minimum Gasteiger partial charge on any atom is -0.322 e. The summed E-state index contributed by atoms with van der Waals surface area (Å²) in [5.74, 6) is -0.160. The van der Waals surface area contributed by atoms with E-state index in [2.05, 4.69) is 20.5 Å². The Balaban J connectivity index is 1.64. The number of pyridine rings is 1. The molecule has 0 aliphatic heterocycles. The SMILES string of the molecule is Cc1cn2cc(C(=O)Nc3ccc4cn[nH]c4c3)ccc2n1. The van der Waals surface area contributed by atoms with Crippen LogP contribution in [0.5, 0.6) is 0 Å². The standard InChI is InChI=1S/C16H13N5O/c1-10-8-21-9-12(3-5-15(21)18-10)16(22)19-13-4-2-11-7-17-20-14(11)6-13/h2-9H,1H3,(H,17,20)(H,19,22). The van der Waals surface area contributed by atoms with E-state index in [1.807, 2.05) is 41.8 Å². The third kappa shape index (κ3) is 2.10. The van der Waals surface area contributed by atoms with Crippen LogP contribution in [0.2, 0.25) is 0 Å². The largest absolute Gasteiger partial charge is 0.322 e. The zero-order valence-electron chi connectivity index (χ0n) is 11.9. The number of anilines is 1. The molecule has 0 fully saturated rings. The van der Waals surface area contributed by atoms with Crippen LogP contribution in [0, 0.1) is 6.92 Å². The van der Waals surface area contributed by atoms with Crippen molar-refractivity contribution in [3.63, 3.8) is 0 Å². The summed E-state index contributed by atoms with van der Waals surface area (Å²) in [7, 11) is 0. The van der Waals surface area contributed by atoms with Gasteiger partial charge in [-0.25, -0.2) is 4.98 Å². The third-order valence-corrected chi connectivity index (χ3v) is 3.53. The summed E-state index contributed by atoms with van der Waals surface area (Å²) in [6.07, 6.45) is 5.42. The van der Waals surface area contributed by atoms with Gasteiger partial charge in [0.1, 0.15) is 5.65 Å². The number of carbonyl (C=O) groups is 1. The zero-order chi connectivity index (χ0) is 15.1. The number of nitrogens with zero attached hydrogens (tertiary/aromatic N) is 3. The number of aromatic amines is 1. The molecule has 3 heterocycles. The molecule has 22 heavy (non-hydrogen) atoms. The van der Waals surface area contributed by atoms with Gasteiger partial charge in [0.2, 0.25) is 0 Å². The van der Waals surface area contributed by atoms with E-state index in [1.165, 1.54) is 0 Å². The fourth-order valence-electron chi connectivity index (χ4n) is 2.47. The van der Waals surface area contributed by atoms with Crippen molar-refractivity contribution >= 4 is 28.1 Å². The summed E-state index contributed by atoms with van der Waals surface area (Å²) in [4.78, 5) is 16.7. The summed E-state index contributed by atoms with van der Waals surface area (Å²) in [5.41, 5.74) is 3.94. The average molecular weight is 291 g/mol. The summed E-state index contributed by atoms with van der Waals surface area (Å²) in [6, 6.07) is 9.23. The Bertz CT molecular complexity index is 998. The fourth-order valence-corrected chi connectivity index (χ4v) is 2.47. The fraction of sp³-hybridized carbons (Fsp3) is 0.0625. The number of H-pyrrole nitrogens is 1. The van der Waals surface area contributed by atoms with Crippen molar-refractivity contribution in [3.8, 4) is 0 Å². The molecule has 1 aromatic carbocycles. The van der Waals surface area contributed by atoms with Crippen molar-refractivity contribution in [3.05, 3.63) is 60.2 Å². The van der Waals surface area contributed by atoms with Gasteiger partial charge in [0, 0.05) is 23.5 Å². The highest BCUT2D eigenvalue weighted by Gasteiger charge is 2.08. The predicted octanol–water partition coefficient (Wildman–Crippen LogP) is 2.77. The summed E-state index contributed by atoms with van der Waals surface area (Å²) in [6.45, 7) is 1.92. The van der Waals surface area contributed by atoms with E-state index in [9.17, 15) is 4.79 Å². The Hall–Kier alpha value is -3.15. The van der Waals surface area contributed by atoms with Crippen LogP contribution < -0.4 is 5.32 Å². The van der Waals surface area contributed by atoms with E-state index in [4.69, 9.17) is 0 Å². The lowest BCUT2D eigenvalue weighted by molar-refractivity contribution is 0.102. The second kappa shape index (κ2) is 4.70. The highest BCUT2D eigenvalue weighted by Crippen LogP contribution is 2.17. The number of hydrogen-bond acceptors (Lipinski definition) is 3. The Kier molecular flexibility index (Phi) is 2.69. The normalized spacial score (nSPS) is 11.1. The van der Waals surface area contributed by atoms with Crippen molar-refractivity contribution in [2.45, 2.75) is 6.92 Å². The highest BCUT2D eigenvalue weighted by atomic mass is 16.1. The first kappa shape index (κ1) is 12.6. The van der Waals surface area contributed by atoms with Crippen molar-refractivity contribution in [1.29, 1.82) is 0 Å². The van der Waals surface area contributed by atoms with Gasteiger partial charge in [-0.15, -0.1) is 0 Å². The van der Waals surface area contributed by atoms with Gasteiger partial charge in [-0.1, -0.05) is 0 Å². The number of aromatic nitrogens is 4. The number of amides is 1. The molecule has 6 nitrogen and oxygen atoms in total. The van der Waals surface area contributed by atoms with E-state index < -0.39 is 0 Å². The molecule has 108 valence electrons. The number of aryl methyl sites for hydroxylation is 1. The van der Waals surface area contributed by atoms with Crippen LogP contribution in [0.4, 0.5) is 5.69 Å². The van der Waals surface area contributed by atoms with Crippen molar-refractivity contribution < 1.29 is 4.79 Å². The van der Waals surface area contributed by atoms with Crippen molar-refractivity contribution in [1.82, 2.24) is 19.6 Å². The summed E-state index contributed by atoms with van der Waals surface area (Å²) >= 11 is 0. The first-order valence-electron chi connectivity index (χ1n) is 6.89. The van der Waals surface area contributed by atoms with Gasteiger partial charge in [0.15, 0.2) is 0 Å². The third-order valence-electron chi connectivity index (χ3n) is 3.53. The van der Waals surface area contributed by atoms with Gasteiger partial charge < -0.3 is 9.72 Å². The molecule has 0 bridgehead atoms. The molecule has 0 aliphatic carbocycles. The lowest BCUT2D eigenvalue weighted by Gasteiger charge is -2.06. The van der Waals surface area contributed by atoms with Gasteiger partial charge in [0.05, 0.1) is 23.0 Å². The second-order valence-electron chi connectivity index (χ2n) is 5.19. The van der Waals surface area contributed by atoms with Crippen LogP contribution in [0.1, 0.15) is 16.1 Å². The van der Waals surface area contributed by atoms with Gasteiger partial charge in [0.25, 0.3) is 5.91 Å². The molecule has 0 aliphatic rings. The van der Waals surface area contributed by atoms with Gasteiger partial charge >= 0.3 is 0 Å². The molecule has 1 amide bonds. The van der Waals surface area contributed by atoms with Gasteiger partial charge in [-0.2, -0.15) is 5.10 Å². The van der Waals surface area contributed by atoms with Crippen LogP contribution in [0.3, 0.4) is 0 Å². The summed E-state index contributed by atoms with van der Waals surface area (Å²) in [5, 5.41) is 10.8. The number of carbonyl (C=O) groups excluding carboxylic acids is 1. The lowest BCUT2D eigenvalue weighted by atomic mass is 10.2. The molecule has 0 unspecified atom stereocenters. The Morgan fingerprint density at radius 2 is 2.14 bits per heavy atom. The van der Waals surface area contributed by atoms with Gasteiger partial charge in [-0.05, 0) is 37.3 Å². The van der Waals surface area contributed by atoms with Crippen molar-refractivity contribution in [2.24, 2.45) is 0 Å². The van der Waals surface area contributed by atoms with E-state index in [0.29, 0.717) is 5.56 Å². The molecule has 2 N–H and O–H groups in total. The average Bonchev–Trinajstić information content (AvgIpc) is 3.10. The molecule has 0 saturated carbocycles. The monoisotopic (exact) mass is 291 g/mol. The molecule has 4 aromatic rings. The highest BCUT2D eigenvalue weighted by molar-refractivity contribution is 6.05. The van der Waals surface area contributed by atoms with Gasteiger partial charge in [-0.3, -0.25) is 9.89 Å². The second-order valence-corrected chi connectivity index (χ2v) is 5.19. The minimum absolute atomic E-state index is 0.160. The first-order valence-corrected chi connectivity index (χ1v) is 6.89. The van der Waals surface area contributed by atoms with Crippen LogP contribution in [-0.2, 0) is 0 Å². The molecule has 0 saturated heterocycles. The maximum Gasteiger partial charge on any atom is 0.257 e. The van der Waals surface area contributed by atoms with Crippen LogP contribution in [0.25, 0.3) is 16.6 Å². The molecule has 3 aromatic heterocycles. The molecule has 6 heteroatoms. The number of imidazole rings is 1. The van der Waals surface area contributed by atoms with Crippen LogP contribution in [0.15, 0.2) is 48.9 Å². The smallest absolute Gasteiger partial charge is 0.257 e. The number of rotatable bonds is 2. The minimum atomic E-state index is -0.160. The Morgan fingerprint density at radius 1 is 1.23 bits per heavy atom. The molecular weight excluding hydrogens is 278 g/mol. The van der Waals surface area contributed by atoms with Crippen molar-refractivity contribution in [2.75, 3.05) is 5.32 Å². The van der Waals surface area contributed by atoms with E-state index in [0.717, 1.165) is 27.9 Å². The molecule has 4 rings (SSSR count). The molecule has 0 spiro atoms. The number of nitrogens with one attached hydrogen (secondary N) is 2. The maximum atomic E-state index is 12.4. The van der Waals surface area contributed by atoms with Crippen LogP contribution >= 0.6 is 0 Å². The number of hydrogen-bond donors (Lipinski definition) is 2. The maximum absolute atomic E-state index is 12.4. The summed E-state index contributed by atoms with van der Waals surface area (Å²) < 4.78 is 1.85.